The van der Waals surface area contributed by atoms with Crippen LogP contribution in [-0.4, -0.2) is 23.3 Å². The molecule has 0 aliphatic carbocycles. The minimum Gasteiger partial charge on any atom is -0.363 e. The highest BCUT2D eigenvalue weighted by atomic mass is 35.5. The zero-order valence-corrected chi connectivity index (χ0v) is 11.1. The molecule has 14 heavy (non-hydrogen) atoms. The van der Waals surface area contributed by atoms with Crippen molar-refractivity contribution in [2.75, 3.05) is 14.1 Å². The minimum atomic E-state index is 0.759. The van der Waals surface area contributed by atoms with Gasteiger partial charge in [0, 0.05) is 24.0 Å². The SMILES string of the molecule is CN(C)C(=S)SSc1ccc(Cl)cc1. The third-order valence-electron chi connectivity index (χ3n) is 1.39. The number of nitrogens with zero attached hydrogens (tertiary/aromatic N) is 1. The van der Waals surface area contributed by atoms with Crippen LogP contribution in [0.25, 0.3) is 0 Å². The van der Waals surface area contributed by atoms with Gasteiger partial charge >= 0.3 is 0 Å². The molecule has 0 spiro atoms. The van der Waals surface area contributed by atoms with Crippen molar-refractivity contribution in [3.8, 4) is 0 Å². The van der Waals surface area contributed by atoms with Crippen LogP contribution in [0.5, 0.6) is 0 Å². The van der Waals surface area contributed by atoms with Gasteiger partial charge in [0.2, 0.25) is 0 Å². The molecule has 0 saturated carbocycles. The van der Waals surface area contributed by atoms with Gasteiger partial charge in [-0.3, -0.25) is 0 Å². The molecular weight excluding hydrogens is 254 g/mol. The lowest BCUT2D eigenvalue weighted by atomic mass is 10.4. The largest absolute Gasteiger partial charge is 0.363 e. The molecular formula is C9H10ClNS3. The minimum absolute atomic E-state index is 0.759. The van der Waals surface area contributed by atoms with Crippen LogP contribution in [0.4, 0.5) is 0 Å². The number of benzene rings is 1. The molecule has 0 bridgehead atoms. The van der Waals surface area contributed by atoms with Gasteiger partial charge in [-0.15, -0.1) is 0 Å². The summed E-state index contributed by atoms with van der Waals surface area (Å²) in [7, 11) is 7.10. The van der Waals surface area contributed by atoms with Gasteiger partial charge < -0.3 is 4.90 Å². The van der Waals surface area contributed by atoms with Crippen molar-refractivity contribution in [1.82, 2.24) is 4.90 Å². The summed E-state index contributed by atoms with van der Waals surface area (Å²) < 4.78 is 0.866. The van der Waals surface area contributed by atoms with Crippen LogP contribution in [0.15, 0.2) is 29.2 Å². The fourth-order valence-corrected chi connectivity index (χ4v) is 2.93. The van der Waals surface area contributed by atoms with E-state index >= 15 is 0 Å². The lowest BCUT2D eigenvalue weighted by Gasteiger charge is -2.11. The van der Waals surface area contributed by atoms with Crippen molar-refractivity contribution >= 4 is 49.7 Å². The van der Waals surface area contributed by atoms with Crippen molar-refractivity contribution in [3.63, 3.8) is 0 Å². The average Bonchev–Trinajstić information content (AvgIpc) is 2.16. The second-order valence-corrected chi connectivity index (χ2v) is 6.05. The van der Waals surface area contributed by atoms with E-state index in [1.54, 1.807) is 21.6 Å². The monoisotopic (exact) mass is 263 g/mol. The van der Waals surface area contributed by atoms with Gasteiger partial charge in [0.25, 0.3) is 0 Å². The lowest BCUT2D eigenvalue weighted by molar-refractivity contribution is 0.648. The summed E-state index contributed by atoms with van der Waals surface area (Å²) >= 11 is 10.9. The van der Waals surface area contributed by atoms with Crippen LogP contribution < -0.4 is 0 Å². The molecule has 0 aliphatic rings. The predicted octanol–water partition coefficient (Wildman–Crippen LogP) is 3.93. The average molecular weight is 264 g/mol. The van der Waals surface area contributed by atoms with E-state index in [1.165, 1.54) is 0 Å². The van der Waals surface area contributed by atoms with Gasteiger partial charge in [0.05, 0.1) is 0 Å². The number of rotatable bonds is 2. The van der Waals surface area contributed by atoms with E-state index in [0.717, 1.165) is 14.2 Å². The van der Waals surface area contributed by atoms with Gasteiger partial charge in [-0.2, -0.15) is 0 Å². The first-order valence-corrected chi connectivity index (χ1v) is 6.84. The van der Waals surface area contributed by atoms with E-state index in [-0.39, 0.29) is 0 Å². The summed E-state index contributed by atoms with van der Waals surface area (Å²) in [6.07, 6.45) is 0. The quantitative estimate of drug-likeness (QED) is 0.587. The summed E-state index contributed by atoms with van der Waals surface area (Å²) in [5.41, 5.74) is 0. The van der Waals surface area contributed by atoms with Crippen LogP contribution in [-0.2, 0) is 0 Å². The zero-order valence-electron chi connectivity index (χ0n) is 7.86. The molecule has 0 aromatic heterocycles. The van der Waals surface area contributed by atoms with E-state index in [0.29, 0.717) is 0 Å². The Bertz CT molecular complexity index is 310. The van der Waals surface area contributed by atoms with Crippen LogP contribution in [0.1, 0.15) is 0 Å². The number of hydrogen-bond acceptors (Lipinski definition) is 3. The Morgan fingerprint density at radius 3 is 2.36 bits per heavy atom. The third kappa shape index (κ3) is 4.09. The first-order chi connectivity index (χ1) is 6.59. The standard InChI is InChI=1S/C9H10ClNS3/c1-11(2)9(12)14-13-8-5-3-7(10)4-6-8/h3-6H,1-2H3. The van der Waals surface area contributed by atoms with E-state index < -0.39 is 0 Å². The maximum absolute atomic E-state index is 5.77. The van der Waals surface area contributed by atoms with E-state index in [2.05, 4.69) is 0 Å². The van der Waals surface area contributed by atoms with Crippen molar-refractivity contribution in [2.45, 2.75) is 4.90 Å². The van der Waals surface area contributed by atoms with Crippen LogP contribution in [0.2, 0.25) is 5.02 Å². The first-order valence-electron chi connectivity index (χ1n) is 3.91. The predicted molar refractivity (Wildman–Crippen MR) is 71.2 cm³/mol. The summed E-state index contributed by atoms with van der Waals surface area (Å²) in [6, 6.07) is 7.73. The molecule has 0 heterocycles. The molecule has 1 aromatic rings. The molecule has 1 nitrogen and oxygen atoms in total. The lowest BCUT2D eigenvalue weighted by Crippen LogP contribution is -2.14. The van der Waals surface area contributed by atoms with Crippen molar-refractivity contribution in [2.24, 2.45) is 0 Å². The Morgan fingerprint density at radius 1 is 1.29 bits per heavy atom. The molecule has 0 saturated heterocycles. The fourth-order valence-electron chi connectivity index (χ4n) is 0.648. The van der Waals surface area contributed by atoms with Crippen LogP contribution in [0.3, 0.4) is 0 Å². The van der Waals surface area contributed by atoms with Crippen molar-refractivity contribution in [3.05, 3.63) is 29.3 Å². The van der Waals surface area contributed by atoms with Gasteiger partial charge in [0.15, 0.2) is 0 Å². The highest BCUT2D eigenvalue weighted by molar-refractivity contribution is 8.83. The van der Waals surface area contributed by atoms with Crippen LogP contribution in [0, 0.1) is 0 Å². The molecule has 0 fully saturated rings. The normalized spacial score (nSPS) is 9.93. The Balaban J connectivity index is 2.46. The number of hydrogen-bond donors (Lipinski definition) is 0. The Kier molecular flexibility index (Phi) is 5.09. The Labute approximate surface area is 103 Å². The molecule has 0 aliphatic heterocycles. The Morgan fingerprint density at radius 2 is 1.86 bits per heavy atom. The molecule has 0 N–H and O–H groups in total. The number of thiocarbonyl (C=S) groups is 1. The summed E-state index contributed by atoms with van der Waals surface area (Å²) in [4.78, 5) is 3.08. The molecule has 5 heteroatoms. The fraction of sp³-hybridized carbons (Fsp3) is 0.222. The number of halogens is 1. The second kappa shape index (κ2) is 5.85. The van der Waals surface area contributed by atoms with Crippen molar-refractivity contribution in [1.29, 1.82) is 0 Å². The summed E-state index contributed by atoms with van der Waals surface area (Å²) in [6.45, 7) is 0. The second-order valence-electron chi connectivity index (χ2n) is 2.78. The summed E-state index contributed by atoms with van der Waals surface area (Å²) in [5.74, 6) is 0. The molecule has 0 unspecified atom stereocenters. The molecule has 0 radical (unpaired) electrons. The van der Waals surface area contributed by atoms with Crippen molar-refractivity contribution < 1.29 is 0 Å². The van der Waals surface area contributed by atoms with Gasteiger partial charge in [-0.25, -0.2) is 0 Å². The maximum Gasteiger partial charge on any atom is 0.146 e. The Hall–Kier alpha value is 0.1000. The van der Waals surface area contributed by atoms with Crippen LogP contribution >= 0.6 is 45.4 Å². The molecule has 0 amide bonds. The first kappa shape index (κ1) is 12.2. The maximum atomic E-state index is 5.77. The zero-order chi connectivity index (χ0) is 10.6. The topological polar surface area (TPSA) is 3.24 Å². The summed E-state index contributed by atoms with van der Waals surface area (Å²) in [5, 5.41) is 0.759. The van der Waals surface area contributed by atoms with E-state index in [1.807, 2.05) is 43.3 Å². The van der Waals surface area contributed by atoms with Gasteiger partial charge in [0.1, 0.15) is 4.32 Å². The van der Waals surface area contributed by atoms with Gasteiger partial charge in [-0.1, -0.05) is 34.6 Å². The third-order valence-corrected chi connectivity index (χ3v) is 4.93. The molecule has 1 rings (SSSR count). The highest BCUT2D eigenvalue weighted by Crippen LogP contribution is 2.33. The molecule has 0 atom stereocenters. The molecule has 1 aromatic carbocycles. The van der Waals surface area contributed by atoms with E-state index in [4.69, 9.17) is 23.8 Å². The smallest absolute Gasteiger partial charge is 0.146 e. The van der Waals surface area contributed by atoms with E-state index in [9.17, 15) is 0 Å². The highest BCUT2D eigenvalue weighted by Gasteiger charge is 2.01. The van der Waals surface area contributed by atoms with Gasteiger partial charge in [-0.05, 0) is 35.1 Å². The molecule has 76 valence electrons.